The van der Waals surface area contributed by atoms with Crippen molar-refractivity contribution >= 4 is 17.5 Å². The summed E-state index contributed by atoms with van der Waals surface area (Å²) in [5, 5.41) is 11.9. The van der Waals surface area contributed by atoms with Crippen LogP contribution >= 0.6 is 0 Å². The van der Waals surface area contributed by atoms with Crippen molar-refractivity contribution < 1.29 is 0 Å². The second-order valence-electron chi connectivity index (χ2n) is 3.21. The van der Waals surface area contributed by atoms with Crippen LogP contribution in [-0.4, -0.2) is 9.97 Å². The van der Waals surface area contributed by atoms with Crippen LogP contribution in [0.2, 0.25) is 0 Å². The van der Waals surface area contributed by atoms with Crippen LogP contribution in [0.25, 0.3) is 0 Å². The van der Waals surface area contributed by atoms with Crippen LogP contribution < -0.4 is 16.6 Å². The Morgan fingerprint density at radius 3 is 2.59 bits per heavy atom. The number of nitrogens with one attached hydrogen (secondary N) is 2. The standard InChI is InChI=1S/C11H10N6/c12-7-9-6-10(16-11(15-9)17-13)14-8-4-2-1-3-5-8/h1-6H,13H2,(H2,14,15,16,17). The molecule has 1 aromatic carbocycles. The van der Waals surface area contributed by atoms with Crippen LogP contribution in [0, 0.1) is 11.3 Å². The molecule has 0 aliphatic carbocycles. The Bertz CT molecular complexity index is 546. The number of nitriles is 1. The van der Waals surface area contributed by atoms with Crippen molar-refractivity contribution in [2.45, 2.75) is 0 Å². The van der Waals surface area contributed by atoms with Crippen molar-refractivity contribution in [3.8, 4) is 6.07 Å². The zero-order valence-corrected chi connectivity index (χ0v) is 8.88. The van der Waals surface area contributed by atoms with Crippen molar-refractivity contribution in [3.05, 3.63) is 42.1 Å². The predicted molar refractivity (Wildman–Crippen MR) is 64.3 cm³/mol. The van der Waals surface area contributed by atoms with Gasteiger partial charge < -0.3 is 5.32 Å². The third kappa shape index (κ3) is 2.68. The third-order valence-corrected chi connectivity index (χ3v) is 2.02. The Labute approximate surface area is 98.1 Å². The van der Waals surface area contributed by atoms with Gasteiger partial charge in [0.15, 0.2) is 0 Å². The number of hydrogen-bond donors (Lipinski definition) is 3. The van der Waals surface area contributed by atoms with Crippen molar-refractivity contribution in [1.82, 2.24) is 9.97 Å². The molecule has 0 aliphatic heterocycles. The molecule has 0 fully saturated rings. The van der Waals surface area contributed by atoms with Gasteiger partial charge in [-0.15, -0.1) is 0 Å². The quantitative estimate of drug-likeness (QED) is 0.540. The van der Waals surface area contributed by atoms with Gasteiger partial charge in [-0.25, -0.2) is 10.8 Å². The number of nitrogen functional groups attached to an aromatic ring is 1. The Kier molecular flexibility index (Phi) is 3.14. The van der Waals surface area contributed by atoms with Gasteiger partial charge in [-0.3, -0.25) is 5.43 Å². The van der Waals surface area contributed by atoms with Gasteiger partial charge >= 0.3 is 0 Å². The number of anilines is 3. The van der Waals surface area contributed by atoms with Crippen LogP contribution in [0.1, 0.15) is 5.69 Å². The predicted octanol–water partition coefficient (Wildman–Crippen LogP) is 1.38. The van der Waals surface area contributed by atoms with Crippen molar-refractivity contribution in [3.63, 3.8) is 0 Å². The highest BCUT2D eigenvalue weighted by atomic mass is 15.3. The van der Waals surface area contributed by atoms with E-state index < -0.39 is 0 Å². The van der Waals surface area contributed by atoms with Gasteiger partial charge in [0.2, 0.25) is 5.95 Å². The first-order valence-corrected chi connectivity index (χ1v) is 4.89. The van der Waals surface area contributed by atoms with Crippen molar-refractivity contribution in [2.75, 3.05) is 10.7 Å². The Morgan fingerprint density at radius 1 is 1.18 bits per heavy atom. The van der Waals surface area contributed by atoms with Gasteiger partial charge in [-0.05, 0) is 12.1 Å². The fourth-order valence-corrected chi connectivity index (χ4v) is 1.30. The van der Waals surface area contributed by atoms with Gasteiger partial charge in [0.25, 0.3) is 0 Å². The Balaban J connectivity index is 2.30. The van der Waals surface area contributed by atoms with E-state index in [1.807, 2.05) is 36.4 Å². The molecule has 1 aromatic heterocycles. The van der Waals surface area contributed by atoms with E-state index >= 15 is 0 Å². The third-order valence-electron chi connectivity index (χ3n) is 2.02. The second kappa shape index (κ2) is 4.92. The number of nitrogens with two attached hydrogens (primary N) is 1. The Hall–Kier alpha value is -2.65. The van der Waals surface area contributed by atoms with Gasteiger partial charge in [-0.1, -0.05) is 18.2 Å². The van der Waals surface area contributed by atoms with E-state index in [1.165, 1.54) is 0 Å². The summed E-state index contributed by atoms with van der Waals surface area (Å²) in [5.41, 5.74) is 3.43. The minimum Gasteiger partial charge on any atom is -0.340 e. The van der Waals surface area contributed by atoms with E-state index in [0.717, 1.165) is 5.69 Å². The van der Waals surface area contributed by atoms with Crippen LogP contribution in [0.4, 0.5) is 17.5 Å². The average molecular weight is 226 g/mol. The molecule has 84 valence electrons. The maximum Gasteiger partial charge on any atom is 0.240 e. The molecule has 0 bridgehead atoms. The summed E-state index contributed by atoms with van der Waals surface area (Å²) >= 11 is 0. The van der Waals surface area contributed by atoms with E-state index in [1.54, 1.807) is 6.07 Å². The zero-order chi connectivity index (χ0) is 12.1. The molecule has 0 saturated heterocycles. The molecule has 0 aliphatic rings. The molecule has 6 nitrogen and oxygen atoms in total. The molecule has 0 unspecified atom stereocenters. The highest BCUT2D eigenvalue weighted by molar-refractivity contribution is 5.58. The van der Waals surface area contributed by atoms with Gasteiger partial charge in [0.1, 0.15) is 17.6 Å². The zero-order valence-electron chi connectivity index (χ0n) is 8.88. The van der Waals surface area contributed by atoms with E-state index in [4.69, 9.17) is 11.1 Å². The molecule has 0 amide bonds. The minimum atomic E-state index is 0.197. The largest absolute Gasteiger partial charge is 0.340 e. The normalized spacial score (nSPS) is 9.41. The average Bonchev–Trinajstić information content (AvgIpc) is 2.39. The van der Waals surface area contributed by atoms with Crippen molar-refractivity contribution in [1.29, 1.82) is 5.26 Å². The minimum absolute atomic E-state index is 0.197. The van der Waals surface area contributed by atoms with Gasteiger partial charge in [0.05, 0.1) is 0 Å². The number of benzene rings is 1. The first-order valence-electron chi connectivity index (χ1n) is 4.89. The smallest absolute Gasteiger partial charge is 0.240 e. The van der Waals surface area contributed by atoms with Crippen LogP contribution in [-0.2, 0) is 0 Å². The molecule has 1 heterocycles. The van der Waals surface area contributed by atoms with E-state index in [-0.39, 0.29) is 11.6 Å². The fourth-order valence-electron chi connectivity index (χ4n) is 1.30. The lowest BCUT2D eigenvalue weighted by Crippen LogP contribution is -2.12. The van der Waals surface area contributed by atoms with Crippen LogP contribution in [0.3, 0.4) is 0 Å². The summed E-state index contributed by atoms with van der Waals surface area (Å²) in [4.78, 5) is 7.95. The first kappa shape index (κ1) is 10.9. The number of para-hydroxylation sites is 1. The molecule has 2 rings (SSSR count). The topological polar surface area (TPSA) is 99.7 Å². The van der Waals surface area contributed by atoms with E-state index in [0.29, 0.717) is 5.82 Å². The van der Waals surface area contributed by atoms with E-state index in [9.17, 15) is 0 Å². The van der Waals surface area contributed by atoms with Crippen molar-refractivity contribution in [2.24, 2.45) is 5.84 Å². The maximum atomic E-state index is 8.81. The summed E-state index contributed by atoms with van der Waals surface area (Å²) in [6, 6.07) is 13.0. The number of hydrogen-bond acceptors (Lipinski definition) is 6. The summed E-state index contributed by atoms with van der Waals surface area (Å²) in [7, 11) is 0. The van der Waals surface area contributed by atoms with Crippen LogP contribution in [0.15, 0.2) is 36.4 Å². The molecule has 0 saturated carbocycles. The second-order valence-corrected chi connectivity index (χ2v) is 3.21. The summed E-state index contributed by atoms with van der Waals surface area (Å²) in [6.07, 6.45) is 0. The maximum absolute atomic E-state index is 8.81. The van der Waals surface area contributed by atoms with Crippen LogP contribution in [0.5, 0.6) is 0 Å². The molecular weight excluding hydrogens is 216 g/mol. The highest BCUT2D eigenvalue weighted by Crippen LogP contribution is 2.15. The number of nitrogens with zero attached hydrogens (tertiary/aromatic N) is 3. The van der Waals surface area contributed by atoms with Gasteiger partial charge in [-0.2, -0.15) is 10.2 Å². The lowest BCUT2D eigenvalue weighted by atomic mass is 10.3. The number of rotatable bonds is 3. The molecule has 17 heavy (non-hydrogen) atoms. The molecule has 4 N–H and O–H groups in total. The number of hydrazine groups is 1. The highest BCUT2D eigenvalue weighted by Gasteiger charge is 2.03. The fraction of sp³-hybridized carbons (Fsp3) is 0. The lowest BCUT2D eigenvalue weighted by Gasteiger charge is -2.06. The van der Waals surface area contributed by atoms with Gasteiger partial charge in [0, 0.05) is 11.8 Å². The van der Waals surface area contributed by atoms with E-state index in [2.05, 4.69) is 20.7 Å². The summed E-state index contributed by atoms with van der Waals surface area (Å²) < 4.78 is 0. The molecule has 6 heteroatoms. The Morgan fingerprint density at radius 2 is 1.94 bits per heavy atom. The SMILES string of the molecule is N#Cc1cc(Nc2ccccc2)nc(NN)n1. The molecule has 0 radical (unpaired) electrons. The monoisotopic (exact) mass is 226 g/mol. The lowest BCUT2D eigenvalue weighted by molar-refractivity contribution is 1.10. The molecule has 0 atom stereocenters. The first-order chi connectivity index (χ1) is 8.31. The number of aromatic nitrogens is 2. The summed E-state index contributed by atoms with van der Waals surface area (Å²) in [5.74, 6) is 5.93. The summed E-state index contributed by atoms with van der Waals surface area (Å²) in [6.45, 7) is 0. The molecule has 0 spiro atoms. The molecule has 2 aromatic rings. The molecular formula is C11H10N6.